The van der Waals surface area contributed by atoms with E-state index in [9.17, 15) is 0 Å². The minimum Gasteiger partial charge on any atom is -0.368 e. The monoisotopic (exact) mass is 158 g/mol. The van der Waals surface area contributed by atoms with Gasteiger partial charge in [-0.3, -0.25) is 0 Å². The maximum Gasteiger partial charge on any atom is 0.154 e. The predicted molar refractivity (Wildman–Crippen MR) is 46.3 cm³/mol. The Hall–Kier alpha value is -0.340. The molecular formula is C9H18O2. The summed E-state index contributed by atoms with van der Waals surface area (Å²) in [4.78, 5) is 0. The molecule has 0 bridgehead atoms. The molecule has 0 amide bonds. The van der Waals surface area contributed by atoms with Crippen LogP contribution in [0.3, 0.4) is 0 Å². The lowest BCUT2D eigenvalue weighted by Gasteiger charge is -2.10. The fourth-order valence-corrected chi connectivity index (χ4v) is 0.701. The van der Waals surface area contributed by atoms with Gasteiger partial charge in [0.05, 0.1) is 6.61 Å². The van der Waals surface area contributed by atoms with Crippen LogP contribution < -0.4 is 0 Å². The van der Waals surface area contributed by atoms with Crippen molar-refractivity contribution in [3.05, 3.63) is 12.2 Å². The normalized spacial score (nSPS) is 13.0. The zero-order chi connectivity index (χ0) is 8.69. The molecule has 0 aromatic heterocycles. The van der Waals surface area contributed by atoms with Gasteiger partial charge in [0.15, 0.2) is 6.29 Å². The van der Waals surface area contributed by atoms with Crippen LogP contribution in [0.1, 0.15) is 33.1 Å². The molecule has 0 heterocycles. The molecule has 2 heteroatoms. The molecule has 1 unspecified atom stereocenters. The van der Waals surface area contributed by atoms with Crippen molar-refractivity contribution in [1.82, 2.24) is 0 Å². The number of hydrogen-bond acceptors (Lipinski definition) is 2. The highest BCUT2D eigenvalue weighted by Crippen LogP contribution is 2.02. The van der Waals surface area contributed by atoms with Gasteiger partial charge in [0, 0.05) is 0 Å². The topological polar surface area (TPSA) is 29.5 Å². The molecule has 1 atom stereocenters. The van der Waals surface area contributed by atoms with E-state index in [1.165, 1.54) is 0 Å². The Kier molecular flexibility index (Phi) is 6.18. The SMILES string of the molecule is C=C(C)COC(O)CCCC. The van der Waals surface area contributed by atoms with E-state index in [0.29, 0.717) is 6.61 Å². The lowest BCUT2D eigenvalue weighted by molar-refractivity contribution is -0.0956. The van der Waals surface area contributed by atoms with Crippen molar-refractivity contribution in [2.24, 2.45) is 0 Å². The summed E-state index contributed by atoms with van der Waals surface area (Å²) in [5.41, 5.74) is 0.945. The summed E-state index contributed by atoms with van der Waals surface area (Å²) >= 11 is 0. The molecule has 0 aromatic carbocycles. The third-order valence-corrected chi connectivity index (χ3v) is 1.33. The quantitative estimate of drug-likeness (QED) is 0.473. The first kappa shape index (κ1) is 10.7. The van der Waals surface area contributed by atoms with Crippen LogP contribution in [0.2, 0.25) is 0 Å². The number of rotatable bonds is 6. The van der Waals surface area contributed by atoms with Crippen LogP contribution >= 0.6 is 0 Å². The lowest BCUT2D eigenvalue weighted by atomic mass is 10.2. The molecular weight excluding hydrogens is 140 g/mol. The van der Waals surface area contributed by atoms with Crippen LogP contribution in [0.15, 0.2) is 12.2 Å². The van der Waals surface area contributed by atoms with Crippen molar-refractivity contribution in [2.75, 3.05) is 6.61 Å². The molecule has 0 spiro atoms. The predicted octanol–water partition coefficient (Wildman–Crippen LogP) is 2.09. The molecule has 0 aliphatic rings. The van der Waals surface area contributed by atoms with E-state index in [2.05, 4.69) is 13.5 Å². The maximum absolute atomic E-state index is 9.17. The molecule has 0 radical (unpaired) electrons. The van der Waals surface area contributed by atoms with Crippen molar-refractivity contribution in [1.29, 1.82) is 0 Å². The Morgan fingerprint density at radius 3 is 2.73 bits per heavy atom. The van der Waals surface area contributed by atoms with Gasteiger partial charge in [-0.1, -0.05) is 25.5 Å². The zero-order valence-corrected chi connectivity index (χ0v) is 7.47. The van der Waals surface area contributed by atoms with E-state index in [4.69, 9.17) is 9.84 Å². The van der Waals surface area contributed by atoms with E-state index >= 15 is 0 Å². The summed E-state index contributed by atoms with van der Waals surface area (Å²) in [6, 6.07) is 0. The Bertz CT molecular complexity index is 110. The van der Waals surface area contributed by atoms with Crippen LogP contribution in [0.4, 0.5) is 0 Å². The van der Waals surface area contributed by atoms with Gasteiger partial charge in [0.1, 0.15) is 0 Å². The standard InChI is InChI=1S/C9H18O2/c1-4-5-6-9(10)11-7-8(2)3/h9-10H,2,4-7H2,1,3H3. The second-order valence-corrected chi connectivity index (χ2v) is 2.86. The minimum absolute atomic E-state index is 0.463. The molecule has 66 valence electrons. The number of hydrogen-bond donors (Lipinski definition) is 1. The van der Waals surface area contributed by atoms with Crippen molar-refractivity contribution in [3.63, 3.8) is 0 Å². The van der Waals surface area contributed by atoms with Crippen LogP contribution in [0, 0.1) is 0 Å². The van der Waals surface area contributed by atoms with Gasteiger partial charge in [-0.15, -0.1) is 0 Å². The first-order chi connectivity index (χ1) is 5.16. The lowest BCUT2D eigenvalue weighted by Crippen LogP contribution is -2.12. The molecule has 11 heavy (non-hydrogen) atoms. The van der Waals surface area contributed by atoms with E-state index in [0.717, 1.165) is 24.8 Å². The third kappa shape index (κ3) is 7.56. The molecule has 0 fully saturated rings. The fourth-order valence-electron chi connectivity index (χ4n) is 0.701. The van der Waals surface area contributed by atoms with Crippen LogP contribution in [0.25, 0.3) is 0 Å². The summed E-state index contributed by atoms with van der Waals surface area (Å²) in [6.45, 7) is 8.10. The number of aliphatic hydroxyl groups excluding tert-OH is 1. The molecule has 0 aliphatic carbocycles. The average Bonchev–Trinajstić information content (AvgIpc) is 1.97. The van der Waals surface area contributed by atoms with Gasteiger partial charge < -0.3 is 9.84 Å². The van der Waals surface area contributed by atoms with Crippen LogP contribution in [-0.2, 0) is 4.74 Å². The van der Waals surface area contributed by atoms with Gasteiger partial charge in [-0.25, -0.2) is 0 Å². The van der Waals surface area contributed by atoms with Gasteiger partial charge in [-0.05, 0) is 19.8 Å². The fraction of sp³-hybridized carbons (Fsp3) is 0.778. The number of aliphatic hydroxyl groups is 1. The molecule has 0 aliphatic heterocycles. The van der Waals surface area contributed by atoms with Gasteiger partial charge in [-0.2, -0.15) is 0 Å². The summed E-state index contributed by atoms with van der Waals surface area (Å²) in [6.07, 6.45) is 2.22. The molecule has 0 saturated carbocycles. The summed E-state index contributed by atoms with van der Waals surface area (Å²) in [5.74, 6) is 0. The Morgan fingerprint density at radius 1 is 1.64 bits per heavy atom. The summed E-state index contributed by atoms with van der Waals surface area (Å²) < 4.78 is 5.06. The summed E-state index contributed by atoms with van der Waals surface area (Å²) in [7, 11) is 0. The average molecular weight is 158 g/mol. The van der Waals surface area contributed by atoms with E-state index < -0.39 is 6.29 Å². The van der Waals surface area contributed by atoms with Crippen LogP contribution in [-0.4, -0.2) is 18.0 Å². The zero-order valence-electron chi connectivity index (χ0n) is 7.47. The Balaban J connectivity index is 3.22. The number of unbranched alkanes of at least 4 members (excludes halogenated alkanes) is 1. The molecule has 0 saturated heterocycles. The van der Waals surface area contributed by atoms with Crippen molar-refractivity contribution >= 4 is 0 Å². The Morgan fingerprint density at radius 2 is 2.27 bits per heavy atom. The van der Waals surface area contributed by atoms with E-state index in [-0.39, 0.29) is 0 Å². The van der Waals surface area contributed by atoms with Gasteiger partial charge in [0.25, 0.3) is 0 Å². The van der Waals surface area contributed by atoms with Gasteiger partial charge >= 0.3 is 0 Å². The van der Waals surface area contributed by atoms with E-state index in [1.807, 2.05) is 6.92 Å². The second kappa shape index (κ2) is 6.38. The smallest absolute Gasteiger partial charge is 0.154 e. The Labute approximate surface area is 68.9 Å². The van der Waals surface area contributed by atoms with Crippen molar-refractivity contribution in [3.8, 4) is 0 Å². The first-order valence-electron chi connectivity index (χ1n) is 4.11. The molecule has 0 aromatic rings. The van der Waals surface area contributed by atoms with E-state index in [1.54, 1.807) is 0 Å². The maximum atomic E-state index is 9.17. The largest absolute Gasteiger partial charge is 0.368 e. The highest BCUT2D eigenvalue weighted by molar-refractivity contribution is 4.87. The minimum atomic E-state index is -0.605. The van der Waals surface area contributed by atoms with Crippen LogP contribution in [0.5, 0.6) is 0 Å². The van der Waals surface area contributed by atoms with Gasteiger partial charge in [0.2, 0.25) is 0 Å². The molecule has 1 N–H and O–H groups in total. The highest BCUT2D eigenvalue weighted by atomic mass is 16.6. The van der Waals surface area contributed by atoms with Crippen molar-refractivity contribution in [2.45, 2.75) is 39.4 Å². The number of ether oxygens (including phenoxy) is 1. The third-order valence-electron chi connectivity index (χ3n) is 1.33. The second-order valence-electron chi connectivity index (χ2n) is 2.86. The van der Waals surface area contributed by atoms with Crippen molar-refractivity contribution < 1.29 is 9.84 Å². The first-order valence-corrected chi connectivity index (χ1v) is 4.11. The summed E-state index contributed by atoms with van der Waals surface area (Å²) in [5, 5.41) is 9.17. The highest BCUT2D eigenvalue weighted by Gasteiger charge is 2.01. The molecule has 2 nitrogen and oxygen atoms in total. The molecule has 0 rings (SSSR count).